The van der Waals surface area contributed by atoms with E-state index < -0.39 is 0 Å². The second kappa shape index (κ2) is 5.83. The summed E-state index contributed by atoms with van der Waals surface area (Å²) in [6, 6.07) is 3.79. The van der Waals surface area contributed by atoms with E-state index in [0.29, 0.717) is 11.1 Å². The minimum Gasteiger partial charge on any atom is -0.371 e. The number of fused-ring (bicyclic) bond motifs is 1. The Kier molecular flexibility index (Phi) is 4.33. The molecule has 3 rings (SSSR count). The number of amides is 2. The molecule has 0 saturated carbocycles. The smallest absolute Gasteiger partial charge is 0.259 e. The van der Waals surface area contributed by atoms with Crippen LogP contribution >= 0.6 is 12.4 Å². The van der Waals surface area contributed by atoms with Crippen molar-refractivity contribution in [3.63, 3.8) is 0 Å². The first-order valence-electron chi connectivity index (χ1n) is 6.99. The number of hydrogen-bond acceptors (Lipinski definition) is 3. The summed E-state index contributed by atoms with van der Waals surface area (Å²) in [5.74, 6) is -0.504. The van der Waals surface area contributed by atoms with Crippen LogP contribution < -0.4 is 10.2 Å². The highest BCUT2D eigenvalue weighted by atomic mass is 35.5. The van der Waals surface area contributed by atoms with E-state index in [2.05, 4.69) is 10.2 Å². The summed E-state index contributed by atoms with van der Waals surface area (Å²) in [5, 5.41) is 2.39. The van der Waals surface area contributed by atoms with Gasteiger partial charge in [0.2, 0.25) is 0 Å². The van der Waals surface area contributed by atoms with Crippen molar-refractivity contribution in [2.75, 3.05) is 18.0 Å². The molecule has 2 amide bonds. The lowest BCUT2D eigenvalue weighted by atomic mass is 9.97. The fraction of sp³-hybridized carbons (Fsp3) is 0.467. The molecule has 0 radical (unpaired) electrons. The van der Waals surface area contributed by atoms with Gasteiger partial charge in [0, 0.05) is 18.8 Å². The van der Waals surface area contributed by atoms with Gasteiger partial charge in [-0.25, -0.2) is 0 Å². The molecule has 2 aliphatic heterocycles. The van der Waals surface area contributed by atoms with Gasteiger partial charge in [-0.3, -0.25) is 14.9 Å². The van der Waals surface area contributed by atoms with Crippen LogP contribution in [-0.4, -0.2) is 24.9 Å². The lowest BCUT2D eigenvalue weighted by Crippen LogP contribution is -2.30. The van der Waals surface area contributed by atoms with Crippen LogP contribution in [-0.2, 0) is 6.42 Å². The molecular weight excluding hydrogens is 276 g/mol. The normalized spacial score (nSPS) is 17.6. The summed E-state index contributed by atoms with van der Waals surface area (Å²) in [7, 11) is 0. The average Bonchev–Trinajstić information content (AvgIpc) is 2.74. The molecule has 1 N–H and O–H groups in total. The number of halogens is 1. The van der Waals surface area contributed by atoms with Crippen molar-refractivity contribution < 1.29 is 9.59 Å². The van der Waals surface area contributed by atoms with E-state index in [-0.39, 0.29) is 24.2 Å². The summed E-state index contributed by atoms with van der Waals surface area (Å²) < 4.78 is 0. The van der Waals surface area contributed by atoms with Crippen molar-refractivity contribution in [2.45, 2.75) is 32.6 Å². The zero-order chi connectivity index (χ0) is 13.4. The predicted octanol–water partition coefficient (Wildman–Crippen LogP) is 2.54. The lowest BCUT2D eigenvalue weighted by molar-refractivity contribution is 0.0879. The van der Waals surface area contributed by atoms with Crippen molar-refractivity contribution in [1.29, 1.82) is 0 Å². The number of benzene rings is 1. The van der Waals surface area contributed by atoms with Crippen molar-refractivity contribution in [3.05, 3.63) is 28.8 Å². The Balaban J connectivity index is 0.00000147. The van der Waals surface area contributed by atoms with Gasteiger partial charge < -0.3 is 4.90 Å². The van der Waals surface area contributed by atoms with Gasteiger partial charge in [0.15, 0.2) is 0 Å². The highest BCUT2D eigenvalue weighted by Gasteiger charge is 2.31. The quantitative estimate of drug-likeness (QED) is 0.853. The Labute approximate surface area is 124 Å². The highest BCUT2D eigenvalue weighted by Crippen LogP contribution is 2.31. The van der Waals surface area contributed by atoms with Crippen molar-refractivity contribution in [2.24, 2.45) is 0 Å². The first kappa shape index (κ1) is 14.9. The Morgan fingerprint density at radius 1 is 1.10 bits per heavy atom. The fourth-order valence-electron chi connectivity index (χ4n) is 3.11. The van der Waals surface area contributed by atoms with Gasteiger partial charge in [0.05, 0.1) is 11.1 Å². The van der Waals surface area contributed by atoms with Crippen LogP contribution in [0.1, 0.15) is 52.5 Å². The third-order valence-electron chi connectivity index (χ3n) is 4.04. The predicted molar refractivity (Wildman–Crippen MR) is 80.9 cm³/mol. The van der Waals surface area contributed by atoms with Gasteiger partial charge in [0.25, 0.3) is 11.8 Å². The van der Waals surface area contributed by atoms with E-state index in [1.807, 2.05) is 13.0 Å². The van der Waals surface area contributed by atoms with E-state index in [1.54, 1.807) is 6.07 Å². The Hall–Kier alpha value is -1.55. The lowest BCUT2D eigenvalue weighted by Gasteiger charge is -2.31. The summed E-state index contributed by atoms with van der Waals surface area (Å²) in [4.78, 5) is 26.0. The standard InChI is InChI=1S/C15H18N2O2.ClH/c1-2-10-12(17-8-4-3-5-9-17)7-6-11-13(10)15(19)16-14(11)18;/h6-7H,2-5,8-9H2,1H3,(H,16,18,19);1H. The molecule has 0 aromatic heterocycles. The van der Waals surface area contributed by atoms with Crippen LogP contribution in [0.3, 0.4) is 0 Å². The molecule has 0 spiro atoms. The summed E-state index contributed by atoms with van der Waals surface area (Å²) in [6.45, 7) is 4.13. The van der Waals surface area contributed by atoms with E-state index in [4.69, 9.17) is 0 Å². The highest BCUT2D eigenvalue weighted by molar-refractivity contribution is 6.22. The molecule has 108 valence electrons. The monoisotopic (exact) mass is 294 g/mol. The first-order valence-corrected chi connectivity index (χ1v) is 6.99. The molecule has 5 heteroatoms. The van der Waals surface area contributed by atoms with Crippen LogP contribution in [0.2, 0.25) is 0 Å². The van der Waals surface area contributed by atoms with Crippen LogP contribution in [0.15, 0.2) is 12.1 Å². The molecule has 2 aliphatic rings. The molecule has 1 aromatic carbocycles. The average molecular weight is 295 g/mol. The molecule has 2 heterocycles. The maximum absolute atomic E-state index is 11.9. The maximum atomic E-state index is 11.9. The molecule has 0 unspecified atom stereocenters. The topological polar surface area (TPSA) is 49.4 Å². The van der Waals surface area contributed by atoms with Crippen LogP contribution in [0.25, 0.3) is 0 Å². The van der Waals surface area contributed by atoms with Crippen LogP contribution in [0, 0.1) is 0 Å². The SMILES string of the molecule is CCc1c(N2CCCCC2)ccc2c1C(=O)NC2=O.Cl. The Morgan fingerprint density at radius 2 is 1.80 bits per heavy atom. The van der Waals surface area contributed by atoms with Gasteiger partial charge in [0.1, 0.15) is 0 Å². The zero-order valence-electron chi connectivity index (χ0n) is 11.6. The molecule has 0 aliphatic carbocycles. The van der Waals surface area contributed by atoms with E-state index in [1.165, 1.54) is 19.3 Å². The fourth-order valence-corrected chi connectivity index (χ4v) is 3.11. The van der Waals surface area contributed by atoms with Gasteiger partial charge in [-0.2, -0.15) is 0 Å². The number of nitrogens with zero attached hydrogens (tertiary/aromatic N) is 1. The van der Waals surface area contributed by atoms with Gasteiger partial charge in [-0.15, -0.1) is 12.4 Å². The molecule has 4 nitrogen and oxygen atoms in total. The number of anilines is 1. The second-order valence-corrected chi connectivity index (χ2v) is 5.17. The zero-order valence-corrected chi connectivity index (χ0v) is 12.4. The summed E-state index contributed by atoms with van der Waals surface area (Å²) in [5.41, 5.74) is 3.27. The molecule has 20 heavy (non-hydrogen) atoms. The number of carbonyl (C=O) groups excluding carboxylic acids is 2. The number of rotatable bonds is 2. The van der Waals surface area contributed by atoms with Crippen LogP contribution in [0.4, 0.5) is 5.69 Å². The third kappa shape index (κ3) is 2.29. The van der Waals surface area contributed by atoms with Gasteiger partial charge in [-0.1, -0.05) is 6.92 Å². The Bertz CT molecular complexity index is 551. The number of hydrogen-bond donors (Lipinski definition) is 1. The van der Waals surface area contributed by atoms with E-state index >= 15 is 0 Å². The van der Waals surface area contributed by atoms with E-state index in [0.717, 1.165) is 30.8 Å². The largest absolute Gasteiger partial charge is 0.371 e. The number of imide groups is 1. The molecule has 0 atom stereocenters. The van der Waals surface area contributed by atoms with Crippen molar-refractivity contribution in [1.82, 2.24) is 5.32 Å². The minimum atomic E-state index is -0.264. The first-order chi connectivity index (χ1) is 9.22. The molecule has 1 aromatic rings. The van der Waals surface area contributed by atoms with E-state index in [9.17, 15) is 9.59 Å². The number of piperidine rings is 1. The summed E-state index contributed by atoms with van der Waals surface area (Å²) in [6.07, 6.45) is 4.45. The maximum Gasteiger partial charge on any atom is 0.259 e. The third-order valence-corrected chi connectivity index (χ3v) is 4.04. The number of nitrogens with one attached hydrogen (secondary N) is 1. The van der Waals surface area contributed by atoms with Gasteiger partial charge in [-0.05, 0) is 43.4 Å². The minimum absolute atomic E-state index is 0. The van der Waals surface area contributed by atoms with Crippen LogP contribution in [0.5, 0.6) is 0 Å². The number of carbonyl (C=O) groups is 2. The molecule has 0 bridgehead atoms. The second-order valence-electron chi connectivity index (χ2n) is 5.17. The molecule has 1 saturated heterocycles. The summed E-state index contributed by atoms with van der Waals surface area (Å²) >= 11 is 0. The molecule has 1 fully saturated rings. The molecular formula is C15H19ClN2O2. The van der Waals surface area contributed by atoms with Gasteiger partial charge >= 0.3 is 0 Å². The Morgan fingerprint density at radius 3 is 2.45 bits per heavy atom. The van der Waals surface area contributed by atoms with Crippen molar-refractivity contribution in [3.8, 4) is 0 Å². The van der Waals surface area contributed by atoms with Crippen molar-refractivity contribution >= 4 is 29.9 Å².